The molecule has 0 aliphatic heterocycles. The standard InChI is InChI=1S/C26H25ClN2O2/c1-4-24(18-11-15-23(31-3)16-12-18)29-25(5-2)20-7-6-8-22(17-20)28-26(30)19-9-13-21(27)14-10-19/h5-17H,4H2,1-3H3,(H,28,30)/b25-5-,29-24+. The lowest BCUT2D eigenvalue weighted by Crippen LogP contribution is -2.11. The fourth-order valence-corrected chi connectivity index (χ4v) is 3.26. The Kier molecular flexibility index (Phi) is 7.63. The average molecular weight is 433 g/mol. The number of benzene rings is 3. The van der Waals surface area contributed by atoms with E-state index in [1.807, 2.05) is 61.5 Å². The Balaban J connectivity index is 1.83. The van der Waals surface area contributed by atoms with E-state index in [9.17, 15) is 4.79 Å². The molecule has 158 valence electrons. The summed E-state index contributed by atoms with van der Waals surface area (Å²) in [5, 5.41) is 3.53. The molecule has 0 aliphatic carbocycles. The van der Waals surface area contributed by atoms with Crippen molar-refractivity contribution in [3.8, 4) is 5.75 Å². The molecule has 3 aromatic carbocycles. The summed E-state index contributed by atoms with van der Waals surface area (Å²) in [5.74, 6) is 0.626. The van der Waals surface area contributed by atoms with E-state index >= 15 is 0 Å². The fraction of sp³-hybridized carbons (Fsp3) is 0.154. The van der Waals surface area contributed by atoms with E-state index in [0.717, 1.165) is 34.7 Å². The minimum absolute atomic E-state index is 0.188. The van der Waals surface area contributed by atoms with Crippen molar-refractivity contribution >= 4 is 34.6 Å². The molecule has 1 amide bonds. The van der Waals surface area contributed by atoms with E-state index < -0.39 is 0 Å². The van der Waals surface area contributed by atoms with Crippen LogP contribution in [0.25, 0.3) is 5.70 Å². The van der Waals surface area contributed by atoms with Crippen molar-refractivity contribution in [2.75, 3.05) is 12.4 Å². The number of rotatable bonds is 7. The molecule has 31 heavy (non-hydrogen) atoms. The van der Waals surface area contributed by atoms with Gasteiger partial charge in [0.05, 0.1) is 12.8 Å². The number of carbonyl (C=O) groups excluding carboxylic acids is 1. The maximum absolute atomic E-state index is 12.5. The second-order valence-corrected chi connectivity index (χ2v) is 7.29. The Morgan fingerprint density at radius 1 is 1.00 bits per heavy atom. The maximum atomic E-state index is 12.5. The number of hydrogen-bond donors (Lipinski definition) is 1. The lowest BCUT2D eigenvalue weighted by molar-refractivity contribution is 0.102. The Bertz CT molecular complexity index is 1100. The Labute approximate surface area is 188 Å². The largest absolute Gasteiger partial charge is 0.497 e. The number of methoxy groups -OCH3 is 1. The zero-order chi connectivity index (χ0) is 22.2. The van der Waals surface area contributed by atoms with Crippen molar-refractivity contribution < 1.29 is 9.53 Å². The number of anilines is 1. The third kappa shape index (κ3) is 5.83. The summed E-state index contributed by atoms with van der Waals surface area (Å²) < 4.78 is 5.24. The highest BCUT2D eigenvalue weighted by atomic mass is 35.5. The minimum Gasteiger partial charge on any atom is -0.497 e. The van der Waals surface area contributed by atoms with Crippen molar-refractivity contribution in [2.24, 2.45) is 4.99 Å². The average Bonchev–Trinajstić information content (AvgIpc) is 2.80. The molecular formula is C26H25ClN2O2. The summed E-state index contributed by atoms with van der Waals surface area (Å²) >= 11 is 5.90. The van der Waals surface area contributed by atoms with Gasteiger partial charge in [0.1, 0.15) is 5.75 Å². The van der Waals surface area contributed by atoms with E-state index in [1.54, 1.807) is 31.4 Å². The zero-order valence-electron chi connectivity index (χ0n) is 17.9. The molecule has 0 radical (unpaired) electrons. The topological polar surface area (TPSA) is 50.7 Å². The molecule has 0 spiro atoms. The van der Waals surface area contributed by atoms with E-state index in [1.165, 1.54) is 0 Å². The minimum atomic E-state index is -0.188. The summed E-state index contributed by atoms with van der Waals surface area (Å²) in [4.78, 5) is 17.4. The fourth-order valence-electron chi connectivity index (χ4n) is 3.13. The monoisotopic (exact) mass is 432 g/mol. The quantitative estimate of drug-likeness (QED) is 0.414. The lowest BCUT2D eigenvalue weighted by atomic mass is 10.1. The highest BCUT2D eigenvalue weighted by Gasteiger charge is 2.09. The molecule has 0 aromatic heterocycles. The number of allylic oxidation sites excluding steroid dienone is 1. The summed E-state index contributed by atoms with van der Waals surface area (Å²) in [5.41, 5.74) is 5.05. The molecule has 0 bridgehead atoms. The van der Waals surface area contributed by atoms with Crippen LogP contribution in [0.1, 0.15) is 41.8 Å². The van der Waals surface area contributed by atoms with E-state index in [4.69, 9.17) is 21.3 Å². The van der Waals surface area contributed by atoms with Crippen LogP contribution in [0.2, 0.25) is 5.02 Å². The molecule has 0 aliphatic rings. The van der Waals surface area contributed by atoms with E-state index in [0.29, 0.717) is 16.3 Å². The predicted octanol–water partition coefficient (Wildman–Crippen LogP) is 6.86. The van der Waals surface area contributed by atoms with E-state index in [2.05, 4.69) is 12.2 Å². The molecule has 1 N–H and O–H groups in total. The van der Waals surface area contributed by atoms with Gasteiger partial charge in [0, 0.05) is 27.5 Å². The van der Waals surface area contributed by atoms with Crippen LogP contribution in [0.15, 0.2) is 83.9 Å². The zero-order valence-corrected chi connectivity index (χ0v) is 18.6. The molecule has 0 atom stereocenters. The van der Waals surface area contributed by atoms with Crippen molar-refractivity contribution in [1.82, 2.24) is 0 Å². The van der Waals surface area contributed by atoms with Gasteiger partial charge < -0.3 is 10.1 Å². The van der Waals surface area contributed by atoms with Crippen molar-refractivity contribution in [1.29, 1.82) is 0 Å². The van der Waals surface area contributed by atoms with Gasteiger partial charge in [0.2, 0.25) is 0 Å². The van der Waals surface area contributed by atoms with Crippen LogP contribution in [-0.4, -0.2) is 18.7 Å². The van der Waals surface area contributed by atoms with Gasteiger partial charge in [-0.1, -0.05) is 36.7 Å². The Morgan fingerprint density at radius 2 is 1.68 bits per heavy atom. The molecule has 0 saturated carbocycles. The molecular weight excluding hydrogens is 408 g/mol. The first kappa shape index (κ1) is 22.3. The number of hydrogen-bond acceptors (Lipinski definition) is 3. The first-order valence-electron chi connectivity index (χ1n) is 10.1. The highest BCUT2D eigenvalue weighted by molar-refractivity contribution is 6.30. The predicted molar refractivity (Wildman–Crippen MR) is 129 cm³/mol. The highest BCUT2D eigenvalue weighted by Crippen LogP contribution is 2.23. The third-order valence-electron chi connectivity index (χ3n) is 4.81. The number of amides is 1. The summed E-state index contributed by atoms with van der Waals surface area (Å²) in [6, 6.07) is 22.4. The molecule has 5 heteroatoms. The SMILES string of the molecule is C/C=C(\N=C(/CC)c1ccc(OC)cc1)c1cccc(NC(=O)c2ccc(Cl)cc2)c1. The number of nitrogens with zero attached hydrogens (tertiary/aromatic N) is 1. The van der Waals surface area contributed by atoms with Gasteiger partial charge in [-0.15, -0.1) is 0 Å². The van der Waals surface area contributed by atoms with Crippen LogP contribution in [0.4, 0.5) is 5.69 Å². The van der Waals surface area contributed by atoms with Gasteiger partial charge in [-0.2, -0.15) is 0 Å². The van der Waals surface area contributed by atoms with Crippen molar-refractivity contribution in [3.63, 3.8) is 0 Å². The normalized spacial score (nSPS) is 11.9. The smallest absolute Gasteiger partial charge is 0.255 e. The lowest BCUT2D eigenvalue weighted by Gasteiger charge is -2.10. The van der Waals surface area contributed by atoms with Gasteiger partial charge in [0.25, 0.3) is 5.91 Å². The molecule has 0 saturated heterocycles. The van der Waals surface area contributed by atoms with Gasteiger partial charge in [-0.05, 0) is 79.6 Å². The van der Waals surface area contributed by atoms with E-state index in [-0.39, 0.29) is 5.91 Å². The molecule has 3 aromatic rings. The summed E-state index contributed by atoms with van der Waals surface area (Å²) in [6.45, 7) is 4.04. The van der Waals surface area contributed by atoms with Crippen molar-refractivity contribution in [3.05, 3.63) is 101 Å². The summed E-state index contributed by atoms with van der Waals surface area (Å²) in [7, 11) is 1.65. The number of halogens is 1. The van der Waals surface area contributed by atoms with Crippen LogP contribution in [0.3, 0.4) is 0 Å². The first-order valence-corrected chi connectivity index (χ1v) is 10.5. The van der Waals surface area contributed by atoms with Gasteiger partial charge in [0.15, 0.2) is 0 Å². The number of nitrogens with one attached hydrogen (secondary N) is 1. The van der Waals surface area contributed by atoms with Crippen LogP contribution < -0.4 is 10.1 Å². The number of ether oxygens (including phenoxy) is 1. The molecule has 0 fully saturated rings. The summed E-state index contributed by atoms with van der Waals surface area (Å²) in [6.07, 6.45) is 2.76. The molecule has 0 heterocycles. The Morgan fingerprint density at radius 3 is 2.29 bits per heavy atom. The maximum Gasteiger partial charge on any atom is 0.255 e. The molecule has 0 unspecified atom stereocenters. The first-order chi connectivity index (χ1) is 15.0. The second-order valence-electron chi connectivity index (χ2n) is 6.86. The molecule has 4 nitrogen and oxygen atoms in total. The second kappa shape index (κ2) is 10.6. The van der Waals surface area contributed by atoms with Crippen LogP contribution >= 0.6 is 11.6 Å². The Hall–Kier alpha value is -3.37. The number of carbonyl (C=O) groups is 1. The van der Waals surface area contributed by atoms with Gasteiger partial charge in [-0.3, -0.25) is 9.79 Å². The van der Waals surface area contributed by atoms with Gasteiger partial charge >= 0.3 is 0 Å². The van der Waals surface area contributed by atoms with Gasteiger partial charge in [-0.25, -0.2) is 0 Å². The third-order valence-corrected chi connectivity index (χ3v) is 5.06. The van der Waals surface area contributed by atoms with Crippen molar-refractivity contribution in [2.45, 2.75) is 20.3 Å². The number of aliphatic imine (C=N–C) groups is 1. The van der Waals surface area contributed by atoms with Crippen LogP contribution in [-0.2, 0) is 0 Å². The van der Waals surface area contributed by atoms with Crippen LogP contribution in [0.5, 0.6) is 5.75 Å². The molecule has 3 rings (SSSR count). The van der Waals surface area contributed by atoms with Crippen LogP contribution in [0, 0.1) is 0 Å².